The second kappa shape index (κ2) is 7.46. The molecule has 0 spiro atoms. The maximum atomic E-state index is 13.1. The van der Waals surface area contributed by atoms with Gasteiger partial charge in [-0.15, -0.1) is 6.58 Å². The van der Waals surface area contributed by atoms with Crippen LogP contribution in [-0.2, 0) is 19.6 Å². The van der Waals surface area contributed by atoms with Crippen molar-refractivity contribution in [3.63, 3.8) is 0 Å². The fourth-order valence-corrected chi connectivity index (χ4v) is 4.61. The largest absolute Gasteiger partial charge is 0.274 e. The monoisotopic (exact) mass is 384 g/mol. The topological polar surface area (TPSA) is 74.8 Å². The number of hydrogen-bond donors (Lipinski definition) is 0. The van der Waals surface area contributed by atoms with E-state index in [4.69, 9.17) is 0 Å². The first kappa shape index (κ1) is 19.0. The van der Waals surface area contributed by atoms with E-state index in [1.54, 1.807) is 42.5 Å². The van der Waals surface area contributed by atoms with Gasteiger partial charge in [0.15, 0.2) is 0 Å². The Kier molecular flexibility index (Phi) is 5.25. The number of imide groups is 1. The van der Waals surface area contributed by atoms with Crippen LogP contribution in [0.25, 0.3) is 0 Å². The van der Waals surface area contributed by atoms with E-state index in [0.29, 0.717) is 5.69 Å². The first-order chi connectivity index (χ1) is 12.9. The van der Waals surface area contributed by atoms with E-state index in [-0.39, 0.29) is 17.9 Å². The Balaban J connectivity index is 1.98. The molecule has 7 heteroatoms. The van der Waals surface area contributed by atoms with Gasteiger partial charge in [-0.05, 0) is 31.2 Å². The number of nitrogens with zero attached hydrogens (tertiary/aromatic N) is 2. The van der Waals surface area contributed by atoms with Crippen molar-refractivity contribution in [1.29, 1.82) is 0 Å². The van der Waals surface area contributed by atoms with Gasteiger partial charge in [-0.2, -0.15) is 4.31 Å². The summed E-state index contributed by atoms with van der Waals surface area (Å²) in [6.07, 6.45) is 1.21. The van der Waals surface area contributed by atoms with Gasteiger partial charge >= 0.3 is 0 Å². The second-order valence-corrected chi connectivity index (χ2v) is 8.19. The first-order valence-electron chi connectivity index (χ1n) is 8.47. The van der Waals surface area contributed by atoms with Gasteiger partial charge < -0.3 is 0 Å². The van der Waals surface area contributed by atoms with Crippen LogP contribution in [0.3, 0.4) is 0 Å². The standard InChI is InChI=1S/C20H20N2O4S/c1-3-13-21(27(25,26)17-11-9-15(2)10-12-17)18-14-19(23)22(20(18)24)16-7-5-4-6-8-16/h3-12,18H,1,13-14H2,2H3. The first-order valence-corrected chi connectivity index (χ1v) is 9.91. The molecule has 0 saturated carbocycles. The molecule has 1 aliphatic heterocycles. The zero-order chi connectivity index (χ0) is 19.6. The Bertz CT molecular complexity index is 969. The number of sulfonamides is 1. The van der Waals surface area contributed by atoms with Gasteiger partial charge in [0.05, 0.1) is 17.0 Å². The van der Waals surface area contributed by atoms with E-state index in [2.05, 4.69) is 6.58 Å². The molecular formula is C20H20N2O4S. The smallest absolute Gasteiger partial charge is 0.252 e. The molecule has 0 radical (unpaired) electrons. The zero-order valence-corrected chi connectivity index (χ0v) is 15.7. The molecule has 2 amide bonds. The van der Waals surface area contributed by atoms with Crippen molar-refractivity contribution < 1.29 is 18.0 Å². The van der Waals surface area contributed by atoms with E-state index >= 15 is 0 Å². The maximum absolute atomic E-state index is 13.1. The number of hydrogen-bond acceptors (Lipinski definition) is 4. The van der Waals surface area contributed by atoms with Crippen molar-refractivity contribution in [1.82, 2.24) is 4.31 Å². The number of para-hydroxylation sites is 1. The van der Waals surface area contributed by atoms with Crippen LogP contribution in [0.2, 0.25) is 0 Å². The molecule has 3 rings (SSSR count). The summed E-state index contributed by atoms with van der Waals surface area (Å²) in [6.45, 7) is 5.39. The normalized spacial score (nSPS) is 17.6. The van der Waals surface area contributed by atoms with Crippen molar-refractivity contribution in [3.8, 4) is 0 Å². The van der Waals surface area contributed by atoms with E-state index in [1.165, 1.54) is 18.2 Å². The number of carbonyl (C=O) groups excluding carboxylic acids is 2. The summed E-state index contributed by atoms with van der Waals surface area (Å²) in [7, 11) is -3.96. The predicted molar refractivity (Wildman–Crippen MR) is 103 cm³/mol. The molecule has 0 aromatic heterocycles. The van der Waals surface area contributed by atoms with E-state index in [0.717, 1.165) is 14.8 Å². The fraction of sp³-hybridized carbons (Fsp3) is 0.200. The van der Waals surface area contributed by atoms with Crippen LogP contribution in [0.5, 0.6) is 0 Å². The summed E-state index contributed by atoms with van der Waals surface area (Å²) in [4.78, 5) is 26.5. The molecule has 0 N–H and O–H groups in total. The minimum absolute atomic E-state index is 0.0669. The third kappa shape index (κ3) is 3.56. The minimum atomic E-state index is -3.96. The lowest BCUT2D eigenvalue weighted by Gasteiger charge is -2.25. The van der Waals surface area contributed by atoms with Crippen LogP contribution in [0.1, 0.15) is 12.0 Å². The third-order valence-corrected chi connectivity index (χ3v) is 6.31. The highest BCUT2D eigenvalue weighted by molar-refractivity contribution is 7.89. The van der Waals surface area contributed by atoms with Gasteiger partial charge in [0.25, 0.3) is 5.91 Å². The Morgan fingerprint density at radius 3 is 2.33 bits per heavy atom. The second-order valence-electron chi connectivity index (χ2n) is 6.30. The molecular weight excluding hydrogens is 364 g/mol. The average molecular weight is 384 g/mol. The van der Waals surface area contributed by atoms with Crippen molar-refractivity contribution in [2.75, 3.05) is 11.4 Å². The number of carbonyl (C=O) groups is 2. The lowest BCUT2D eigenvalue weighted by Crippen LogP contribution is -2.45. The quantitative estimate of drug-likeness (QED) is 0.567. The van der Waals surface area contributed by atoms with Crippen LogP contribution < -0.4 is 4.90 Å². The molecule has 1 atom stereocenters. The number of rotatable bonds is 6. The maximum Gasteiger partial charge on any atom is 0.252 e. The number of anilines is 1. The van der Waals surface area contributed by atoms with Crippen LogP contribution in [-0.4, -0.2) is 37.1 Å². The highest BCUT2D eigenvalue weighted by atomic mass is 32.2. The van der Waals surface area contributed by atoms with E-state index in [1.807, 2.05) is 6.92 Å². The Labute approximate surface area is 158 Å². The summed E-state index contributed by atoms with van der Waals surface area (Å²) in [5.41, 5.74) is 1.35. The summed E-state index contributed by atoms with van der Waals surface area (Å²) in [5, 5.41) is 0. The molecule has 2 aromatic carbocycles. The molecule has 1 saturated heterocycles. The lowest BCUT2D eigenvalue weighted by atomic mass is 10.2. The molecule has 1 fully saturated rings. The highest BCUT2D eigenvalue weighted by Crippen LogP contribution is 2.29. The molecule has 1 heterocycles. The van der Waals surface area contributed by atoms with Gasteiger partial charge in [0.2, 0.25) is 15.9 Å². The van der Waals surface area contributed by atoms with Crippen LogP contribution in [0.4, 0.5) is 5.69 Å². The Morgan fingerprint density at radius 2 is 1.74 bits per heavy atom. The summed E-state index contributed by atoms with van der Waals surface area (Å²) in [6, 6.07) is 13.8. The van der Waals surface area contributed by atoms with Gasteiger partial charge in [-0.3, -0.25) is 9.59 Å². The van der Waals surface area contributed by atoms with Crippen molar-refractivity contribution in [2.24, 2.45) is 0 Å². The summed E-state index contributed by atoms with van der Waals surface area (Å²) < 4.78 is 27.3. The lowest BCUT2D eigenvalue weighted by molar-refractivity contribution is -0.122. The number of amides is 2. The Hall–Kier alpha value is -2.77. The molecule has 1 aliphatic rings. The predicted octanol–water partition coefficient (Wildman–Crippen LogP) is 2.50. The van der Waals surface area contributed by atoms with Crippen molar-refractivity contribution in [2.45, 2.75) is 24.3 Å². The zero-order valence-electron chi connectivity index (χ0n) is 14.9. The molecule has 27 heavy (non-hydrogen) atoms. The van der Waals surface area contributed by atoms with Crippen LogP contribution in [0.15, 0.2) is 72.1 Å². The molecule has 0 bridgehead atoms. The van der Waals surface area contributed by atoms with Gasteiger partial charge in [-0.25, -0.2) is 13.3 Å². The third-order valence-electron chi connectivity index (χ3n) is 4.42. The summed E-state index contributed by atoms with van der Waals surface area (Å²) in [5.74, 6) is -0.979. The van der Waals surface area contributed by atoms with Crippen molar-refractivity contribution in [3.05, 3.63) is 72.8 Å². The Morgan fingerprint density at radius 1 is 1.11 bits per heavy atom. The van der Waals surface area contributed by atoms with Gasteiger partial charge in [-0.1, -0.05) is 42.0 Å². The van der Waals surface area contributed by atoms with Gasteiger partial charge in [0.1, 0.15) is 6.04 Å². The fourth-order valence-electron chi connectivity index (χ4n) is 3.05. The number of benzene rings is 2. The molecule has 140 valence electrons. The molecule has 0 aliphatic carbocycles. The summed E-state index contributed by atoms with van der Waals surface area (Å²) >= 11 is 0. The van der Waals surface area contributed by atoms with E-state index < -0.39 is 27.9 Å². The van der Waals surface area contributed by atoms with Gasteiger partial charge in [0, 0.05) is 6.54 Å². The molecule has 2 aromatic rings. The number of aryl methyl sites for hydroxylation is 1. The SMILES string of the molecule is C=CCN(C1CC(=O)N(c2ccccc2)C1=O)S(=O)(=O)c1ccc(C)cc1. The van der Waals surface area contributed by atoms with Crippen molar-refractivity contribution >= 4 is 27.5 Å². The molecule has 1 unspecified atom stereocenters. The minimum Gasteiger partial charge on any atom is -0.274 e. The highest BCUT2D eigenvalue weighted by Gasteiger charge is 2.46. The van der Waals surface area contributed by atoms with Crippen LogP contribution in [0, 0.1) is 6.92 Å². The van der Waals surface area contributed by atoms with E-state index in [9.17, 15) is 18.0 Å². The molecule has 6 nitrogen and oxygen atoms in total. The average Bonchev–Trinajstić information content (AvgIpc) is 2.94. The van der Waals surface area contributed by atoms with Crippen LogP contribution >= 0.6 is 0 Å².